The normalized spacial score (nSPS) is 11.0. The van der Waals surface area contributed by atoms with Gasteiger partial charge in [-0.3, -0.25) is 0 Å². The molecule has 4 heteroatoms. The quantitative estimate of drug-likeness (QED) is 0.623. The molecule has 0 aliphatic carbocycles. The minimum atomic E-state index is -0.246. The van der Waals surface area contributed by atoms with Gasteiger partial charge in [0.05, 0.1) is 0 Å². The topological polar surface area (TPSA) is 26.0 Å². The summed E-state index contributed by atoms with van der Waals surface area (Å²) >= 11 is 5.10. The third kappa shape index (κ3) is 1.82. The Morgan fingerprint density at radius 3 is 2.78 bits per heavy atom. The molecule has 2 aromatic carbocycles. The van der Waals surface area contributed by atoms with E-state index < -0.39 is 0 Å². The summed E-state index contributed by atoms with van der Waals surface area (Å²) in [4.78, 5) is 0. The van der Waals surface area contributed by atoms with Crippen LogP contribution in [0.5, 0.6) is 0 Å². The smallest absolute Gasteiger partial charge is 0.131 e. The molecule has 1 aromatic heterocycles. The molecule has 0 aliphatic heterocycles. The molecule has 0 amide bonds. The van der Waals surface area contributed by atoms with Gasteiger partial charge in [-0.05, 0) is 45.6 Å². The van der Waals surface area contributed by atoms with Crippen LogP contribution in [0.3, 0.4) is 0 Å². The summed E-state index contributed by atoms with van der Waals surface area (Å²) in [5.41, 5.74) is 7.75. The average molecular weight is 322 g/mol. The summed E-state index contributed by atoms with van der Waals surface area (Å²) in [5, 5.41) is 3.01. The van der Waals surface area contributed by atoms with E-state index in [1.165, 1.54) is 6.07 Å². The van der Waals surface area contributed by atoms with Gasteiger partial charge in [0.25, 0.3) is 0 Å². The molecular formula is C14H9BrFNS. The molecule has 0 spiro atoms. The summed E-state index contributed by atoms with van der Waals surface area (Å²) in [5.74, 6) is -0.246. The number of thiophene rings is 1. The van der Waals surface area contributed by atoms with Crippen LogP contribution in [0.4, 0.5) is 10.1 Å². The molecule has 0 saturated heterocycles. The summed E-state index contributed by atoms with van der Waals surface area (Å²) in [7, 11) is 0. The van der Waals surface area contributed by atoms with Gasteiger partial charge >= 0.3 is 0 Å². The maximum Gasteiger partial charge on any atom is 0.131 e. The van der Waals surface area contributed by atoms with Crippen molar-refractivity contribution in [2.45, 2.75) is 0 Å². The first-order valence-electron chi connectivity index (χ1n) is 5.38. The van der Waals surface area contributed by atoms with Crippen LogP contribution >= 0.6 is 27.3 Å². The highest BCUT2D eigenvalue weighted by molar-refractivity contribution is 9.10. The number of hydrogen-bond acceptors (Lipinski definition) is 2. The summed E-state index contributed by atoms with van der Waals surface area (Å²) in [6.07, 6.45) is 0. The second kappa shape index (κ2) is 4.37. The van der Waals surface area contributed by atoms with Crippen LogP contribution < -0.4 is 5.73 Å². The zero-order valence-corrected chi connectivity index (χ0v) is 11.7. The highest BCUT2D eigenvalue weighted by atomic mass is 79.9. The van der Waals surface area contributed by atoms with E-state index >= 15 is 0 Å². The molecule has 1 heterocycles. The first kappa shape index (κ1) is 11.7. The van der Waals surface area contributed by atoms with Gasteiger partial charge in [-0.2, -0.15) is 0 Å². The molecule has 3 aromatic rings. The van der Waals surface area contributed by atoms with Crippen molar-refractivity contribution in [1.82, 2.24) is 0 Å². The minimum Gasteiger partial charge on any atom is -0.399 e. The van der Waals surface area contributed by atoms with Crippen molar-refractivity contribution in [3.8, 4) is 11.1 Å². The molecule has 0 saturated carbocycles. The highest BCUT2D eigenvalue weighted by Crippen LogP contribution is 2.39. The van der Waals surface area contributed by atoms with E-state index in [2.05, 4.69) is 15.9 Å². The zero-order chi connectivity index (χ0) is 12.7. The lowest BCUT2D eigenvalue weighted by Gasteiger charge is -2.04. The number of anilines is 1. The van der Waals surface area contributed by atoms with Gasteiger partial charge in [0.2, 0.25) is 0 Å². The van der Waals surface area contributed by atoms with Crippen molar-refractivity contribution < 1.29 is 4.39 Å². The molecule has 2 N–H and O–H groups in total. The molecule has 0 bridgehead atoms. The van der Waals surface area contributed by atoms with Gasteiger partial charge < -0.3 is 5.73 Å². The fourth-order valence-corrected chi connectivity index (χ4v) is 3.60. The Bertz CT molecular complexity index is 736. The van der Waals surface area contributed by atoms with Crippen molar-refractivity contribution in [1.29, 1.82) is 0 Å². The van der Waals surface area contributed by atoms with Crippen LogP contribution in [0.15, 0.2) is 46.3 Å². The fourth-order valence-electron chi connectivity index (χ4n) is 1.98. The number of benzene rings is 2. The van der Waals surface area contributed by atoms with E-state index in [0.29, 0.717) is 11.3 Å². The minimum absolute atomic E-state index is 0.246. The van der Waals surface area contributed by atoms with E-state index in [1.807, 2.05) is 23.6 Å². The Kier molecular flexibility index (Phi) is 2.84. The van der Waals surface area contributed by atoms with Crippen molar-refractivity contribution >= 4 is 43.0 Å². The Labute approximate surface area is 116 Å². The van der Waals surface area contributed by atoms with Gasteiger partial charge in [0, 0.05) is 31.4 Å². The molecule has 0 unspecified atom stereocenters. The van der Waals surface area contributed by atoms with Gasteiger partial charge in [0.15, 0.2) is 0 Å². The molecule has 1 nitrogen and oxygen atoms in total. The fraction of sp³-hybridized carbons (Fsp3) is 0. The summed E-state index contributed by atoms with van der Waals surface area (Å²) in [6, 6.07) is 10.6. The third-order valence-electron chi connectivity index (χ3n) is 2.83. The molecule has 0 radical (unpaired) electrons. The summed E-state index contributed by atoms with van der Waals surface area (Å²) in [6.45, 7) is 0. The van der Waals surface area contributed by atoms with Crippen molar-refractivity contribution in [3.05, 3.63) is 52.1 Å². The second-order valence-electron chi connectivity index (χ2n) is 4.01. The van der Waals surface area contributed by atoms with E-state index in [-0.39, 0.29) is 5.82 Å². The molecule has 0 fully saturated rings. The lowest BCUT2D eigenvalue weighted by molar-refractivity contribution is 0.632. The van der Waals surface area contributed by atoms with E-state index in [9.17, 15) is 4.39 Å². The number of fused-ring (bicyclic) bond motifs is 1. The van der Waals surface area contributed by atoms with Crippen LogP contribution in [-0.2, 0) is 0 Å². The Morgan fingerprint density at radius 1 is 1.11 bits per heavy atom. The highest BCUT2D eigenvalue weighted by Gasteiger charge is 2.12. The largest absolute Gasteiger partial charge is 0.399 e. The Morgan fingerprint density at radius 2 is 1.94 bits per heavy atom. The lowest BCUT2D eigenvalue weighted by atomic mass is 10.0. The number of halogens is 2. The van der Waals surface area contributed by atoms with Crippen molar-refractivity contribution in [2.24, 2.45) is 0 Å². The van der Waals surface area contributed by atoms with E-state index in [0.717, 1.165) is 20.1 Å². The predicted octanol–water partition coefficient (Wildman–Crippen LogP) is 5.05. The molecule has 0 aliphatic rings. The standard InChI is InChI=1S/C14H9BrFNS/c15-12-3-1-2-9-11(7-18-14(9)12)10-6-8(17)4-5-13(10)16/h1-7H,17H2. The maximum absolute atomic E-state index is 13.9. The number of nitrogen functional groups attached to an aromatic ring is 1. The monoisotopic (exact) mass is 321 g/mol. The van der Waals surface area contributed by atoms with Crippen molar-refractivity contribution in [2.75, 3.05) is 5.73 Å². The average Bonchev–Trinajstić information content (AvgIpc) is 2.77. The van der Waals surface area contributed by atoms with Crippen LogP contribution in [-0.4, -0.2) is 0 Å². The lowest BCUT2D eigenvalue weighted by Crippen LogP contribution is -1.88. The molecular weight excluding hydrogens is 313 g/mol. The van der Waals surface area contributed by atoms with E-state index in [1.54, 1.807) is 23.5 Å². The van der Waals surface area contributed by atoms with Gasteiger partial charge in [-0.25, -0.2) is 4.39 Å². The molecule has 18 heavy (non-hydrogen) atoms. The molecule has 90 valence electrons. The second-order valence-corrected chi connectivity index (χ2v) is 5.74. The number of hydrogen-bond donors (Lipinski definition) is 1. The van der Waals surface area contributed by atoms with Crippen molar-refractivity contribution in [3.63, 3.8) is 0 Å². The molecule has 0 atom stereocenters. The van der Waals surface area contributed by atoms with Gasteiger partial charge in [-0.15, -0.1) is 11.3 Å². The Hall–Kier alpha value is -1.39. The predicted molar refractivity (Wildman–Crippen MR) is 79.3 cm³/mol. The Balaban J connectivity index is 2.32. The number of nitrogens with two attached hydrogens (primary N) is 1. The van der Waals surface area contributed by atoms with Crippen LogP contribution in [0, 0.1) is 5.82 Å². The van der Waals surface area contributed by atoms with Crippen LogP contribution in [0.1, 0.15) is 0 Å². The zero-order valence-electron chi connectivity index (χ0n) is 9.28. The first-order valence-corrected chi connectivity index (χ1v) is 7.05. The number of rotatable bonds is 1. The summed E-state index contributed by atoms with van der Waals surface area (Å²) < 4.78 is 16.0. The van der Waals surface area contributed by atoms with E-state index in [4.69, 9.17) is 5.73 Å². The van der Waals surface area contributed by atoms with Crippen LogP contribution in [0.25, 0.3) is 21.2 Å². The first-order chi connectivity index (χ1) is 8.66. The van der Waals surface area contributed by atoms with Gasteiger partial charge in [0.1, 0.15) is 5.82 Å². The third-order valence-corrected chi connectivity index (χ3v) is 4.78. The SMILES string of the molecule is Nc1ccc(F)c(-c2csc3c(Br)cccc23)c1. The maximum atomic E-state index is 13.9. The molecule has 3 rings (SSSR count). The van der Waals surface area contributed by atoms with Gasteiger partial charge in [-0.1, -0.05) is 12.1 Å². The van der Waals surface area contributed by atoms with Crippen LogP contribution in [0.2, 0.25) is 0 Å².